The van der Waals surface area contributed by atoms with Crippen molar-refractivity contribution < 1.29 is 13.9 Å². The zero-order valence-electron chi connectivity index (χ0n) is 15.3. The van der Waals surface area contributed by atoms with Crippen LogP contribution in [-0.2, 0) is 11.3 Å². The molecule has 1 N–H and O–H groups in total. The van der Waals surface area contributed by atoms with Crippen molar-refractivity contribution in [3.05, 3.63) is 40.7 Å². The van der Waals surface area contributed by atoms with Crippen LogP contribution in [0.15, 0.2) is 29.9 Å². The molecule has 1 amide bonds. The molecule has 12 heteroatoms. The van der Waals surface area contributed by atoms with Crippen LogP contribution < -0.4 is 10.2 Å². The first kappa shape index (κ1) is 19.3. The predicted octanol–water partition coefficient (Wildman–Crippen LogP) is 2.25. The summed E-state index contributed by atoms with van der Waals surface area (Å²) < 4.78 is 21.6. The summed E-state index contributed by atoms with van der Waals surface area (Å²) in [7, 11) is 0. The van der Waals surface area contributed by atoms with Gasteiger partial charge in [0.25, 0.3) is 0 Å². The Balaban J connectivity index is 1.48. The summed E-state index contributed by atoms with van der Waals surface area (Å²) in [5, 5.41) is 16.4. The Bertz CT molecular complexity index is 1040. The molecule has 1 unspecified atom stereocenters. The quantitative estimate of drug-likeness (QED) is 0.591. The van der Waals surface area contributed by atoms with Crippen LogP contribution in [0.4, 0.5) is 14.9 Å². The van der Waals surface area contributed by atoms with Gasteiger partial charge in [0.2, 0.25) is 0 Å². The molecule has 0 saturated carbocycles. The standard InChI is InChI=1S/C17H16FN7O2S2/c1-10(28)19-5-12-6-25(17(26)27-12)11-2-3-13(14(18)4-11)15-8-29-16(21-15)7-24-9-20-22-23-24/h2-4,8-9,12H,5-7H2,1H3,(H,19,28). The lowest BCUT2D eigenvalue weighted by Gasteiger charge is -2.14. The molecule has 0 bridgehead atoms. The number of halogens is 1. The lowest BCUT2D eigenvalue weighted by molar-refractivity contribution is 0.143. The van der Waals surface area contributed by atoms with Crippen molar-refractivity contribution in [3.63, 3.8) is 0 Å². The number of thiazole rings is 1. The van der Waals surface area contributed by atoms with E-state index in [0.717, 1.165) is 5.01 Å². The first-order valence-electron chi connectivity index (χ1n) is 8.67. The fraction of sp³-hybridized carbons (Fsp3) is 0.294. The number of aromatic nitrogens is 5. The van der Waals surface area contributed by atoms with E-state index in [1.165, 1.54) is 33.3 Å². The van der Waals surface area contributed by atoms with Gasteiger partial charge in [0.15, 0.2) is 0 Å². The Morgan fingerprint density at radius 1 is 1.48 bits per heavy atom. The third-order valence-electron chi connectivity index (χ3n) is 4.23. The second kappa shape index (κ2) is 8.17. The van der Waals surface area contributed by atoms with Crippen LogP contribution in [0.5, 0.6) is 0 Å². The summed E-state index contributed by atoms with van der Waals surface area (Å²) in [5.41, 5.74) is 1.31. The largest absolute Gasteiger partial charge is 0.442 e. The minimum Gasteiger partial charge on any atom is -0.442 e. The van der Waals surface area contributed by atoms with Crippen LogP contribution in [-0.4, -0.2) is 55.5 Å². The van der Waals surface area contributed by atoms with Crippen molar-refractivity contribution in [2.45, 2.75) is 19.6 Å². The first-order chi connectivity index (χ1) is 14.0. The minimum absolute atomic E-state index is 0.319. The van der Waals surface area contributed by atoms with Gasteiger partial charge in [0.05, 0.1) is 36.0 Å². The number of carbonyl (C=O) groups is 1. The molecule has 1 aliphatic heterocycles. The molecule has 150 valence electrons. The molecule has 3 heterocycles. The third kappa shape index (κ3) is 4.38. The summed E-state index contributed by atoms with van der Waals surface area (Å²) in [6, 6.07) is 4.61. The lowest BCUT2D eigenvalue weighted by Crippen LogP contribution is -2.32. The van der Waals surface area contributed by atoms with Crippen LogP contribution in [0.3, 0.4) is 0 Å². The maximum atomic E-state index is 14.8. The van der Waals surface area contributed by atoms with Gasteiger partial charge < -0.3 is 10.1 Å². The molecular formula is C17H16FN7O2S2. The van der Waals surface area contributed by atoms with Gasteiger partial charge in [-0.05, 0) is 35.5 Å². The number of cyclic esters (lactones) is 1. The van der Waals surface area contributed by atoms with Gasteiger partial charge in [-0.15, -0.1) is 16.4 Å². The second-order valence-electron chi connectivity index (χ2n) is 6.35. The van der Waals surface area contributed by atoms with Gasteiger partial charge in [0.1, 0.15) is 23.3 Å². The molecule has 1 aromatic carbocycles. The molecule has 1 atom stereocenters. The predicted molar refractivity (Wildman–Crippen MR) is 108 cm³/mol. The van der Waals surface area contributed by atoms with Crippen molar-refractivity contribution >= 4 is 40.3 Å². The number of anilines is 1. The average Bonchev–Trinajstić information content (AvgIpc) is 3.42. The van der Waals surface area contributed by atoms with Crippen LogP contribution in [0.1, 0.15) is 11.9 Å². The van der Waals surface area contributed by atoms with Crippen LogP contribution in [0, 0.1) is 5.82 Å². The molecule has 3 aromatic rings. The van der Waals surface area contributed by atoms with Crippen LogP contribution in [0.25, 0.3) is 11.3 Å². The SMILES string of the molecule is CC(=S)NCC1CN(c2ccc(-c3csc(Cn4cnnn4)n3)c(F)c2)C(=O)O1. The summed E-state index contributed by atoms with van der Waals surface area (Å²) >= 11 is 6.36. The molecule has 0 spiro atoms. The van der Waals surface area contributed by atoms with E-state index in [9.17, 15) is 9.18 Å². The highest BCUT2D eigenvalue weighted by Gasteiger charge is 2.32. The van der Waals surface area contributed by atoms with E-state index >= 15 is 0 Å². The summed E-state index contributed by atoms with van der Waals surface area (Å²) in [4.78, 5) is 18.6. The summed E-state index contributed by atoms with van der Waals surface area (Å²) in [6.45, 7) is 2.90. The molecule has 1 saturated heterocycles. The Labute approximate surface area is 174 Å². The van der Waals surface area contributed by atoms with Gasteiger partial charge in [-0.3, -0.25) is 4.90 Å². The zero-order valence-corrected chi connectivity index (χ0v) is 16.9. The minimum atomic E-state index is -0.511. The fourth-order valence-corrected chi connectivity index (χ4v) is 3.74. The number of amides is 1. The summed E-state index contributed by atoms with van der Waals surface area (Å²) in [6.07, 6.45) is 0.626. The number of hydrogen-bond donors (Lipinski definition) is 1. The lowest BCUT2D eigenvalue weighted by atomic mass is 10.1. The van der Waals surface area contributed by atoms with Crippen molar-refractivity contribution in [2.24, 2.45) is 0 Å². The maximum Gasteiger partial charge on any atom is 0.414 e. The number of nitrogens with one attached hydrogen (secondary N) is 1. The number of rotatable bonds is 6. The topological polar surface area (TPSA) is 98.1 Å². The number of carbonyl (C=O) groups excluding carboxylic acids is 1. The van der Waals surface area contributed by atoms with E-state index < -0.39 is 11.9 Å². The highest BCUT2D eigenvalue weighted by Crippen LogP contribution is 2.30. The third-order valence-corrected chi connectivity index (χ3v) is 5.21. The maximum absolute atomic E-state index is 14.8. The average molecular weight is 433 g/mol. The van der Waals surface area contributed by atoms with E-state index in [2.05, 4.69) is 25.8 Å². The van der Waals surface area contributed by atoms with E-state index in [1.54, 1.807) is 24.4 Å². The van der Waals surface area contributed by atoms with Crippen molar-refractivity contribution in [3.8, 4) is 11.3 Å². The van der Waals surface area contributed by atoms with E-state index in [0.29, 0.717) is 41.6 Å². The van der Waals surface area contributed by atoms with Crippen LogP contribution >= 0.6 is 23.6 Å². The molecular weight excluding hydrogens is 417 g/mol. The Morgan fingerprint density at radius 3 is 3.07 bits per heavy atom. The smallest absolute Gasteiger partial charge is 0.414 e. The van der Waals surface area contributed by atoms with Crippen LogP contribution in [0.2, 0.25) is 0 Å². The Morgan fingerprint density at radius 2 is 2.34 bits per heavy atom. The summed E-state index contributed by atoms with van der Waals surface area (Å²) in [5.74, 6) is -0.467. The zero-order chi connectivity index (χ0) is 20.4. The monoisotopic (exact) mass is 433 g/mol. The molecule has 2 aromatic heterocycles. The fourth-order valence-electron chi connectivity index (χ4n) is 2.87. The molecule has 1 fully saturated rings. The normalized spacial score (nSPS) is 16.1. The van der Waals surface area contributed by atoms with Crippen molar-refractivity contribution in [1.82, 2.24) is 30.5 Å². The molecule has 4 rings (SSSR count). The molecule has 0 aliphatic carbocycles. The Kier molecular flexibility index (Phi) is 5.45. The molecule has 29 heavy (non-hydrogen) atoms. The van der Waals surface area contributed by atoms with E-state index in [4.69, 9.17) is 17.0 Å². The van der Waals surface area contributed by atoms with Gasteiger partial charge in [0, 0.05) is 10.9 Å². The molecule has 0 radical (unpaired) electrons. The van der Waals surface area contributed by atoms with Gasteiger partial charge in [-0.1, -0.05) is 12.2 Å². The number of hydrogen-bond acceptors (Lipinski definition) is 8. The number of ether oxygens (including phenoxy) is 1. The molecule has 9 nitrogen and oxygen atoms in total. The van der Waals surface area contributed by atoms with E-state index in [-0.39, 0.29) is 6.10 Å². The number of tetrazole rings is 1. The number of benzene rings is 1. The van der Waals surface area contributed by atoms with Crippen molar-refractivity contribution in [1.29, 1.82) is 0 Å². The van der Waals surface area contributed by atoms with Gasteiger partial charge >= 0.3 is 6.09 Å². The van der Waals surface area contributed by atoms with Crippen molar-refractivity contribution in [2.75, 3.05) is 18.0 Å². The number of thiocarbonyl (C=S) groups is 1. The first-order valence-corrected chi connectivity index (χ1v) is 9.96. The molecule has 1 aliphatic rings. The second-order valence-corrected chi connectivity index (χ2v) is 7.91. The van der Waals surface area contributed by atoms with Gasteiger partial charge in [-0.25, -0.2) is 18.9 Å². The highest BCUT2D eigenvalue weighted by molar-refractivity contribution is 7.80. The number of nitrogens with zero attached hydrogens (tertiary/aromatic N) is 6. The van der Waals surface area contributed by atoms with E-state index in [1.807, 2.05) is 0 Å². The Hall–Kier alpha value is -2.99. The van der Waals surface area contributed by atoms with Gasteiger partial charge in [-0.2, -0.15) is 0 Å². The highest BCUT2D eigenvalue weighted by atomic mass is 32.1.